The van der Waals surface area contributed by atoms with Gasteiger partial charge in [-0.2, -0.15) is 26.3 Å². The molecular weight excluding hydrogens is 366 g/mol. The summed E-state index contributed by atoms with van der Waals surface area (Å²) in [5.41, 5.74) is 1.23. The molecule has 2 aliphatic carbocycles. The van der Waals surface area contributed by atoms with Gasteiger partial charge in [-0.15, -0.1) is 0 Å². The summed E-state index contributed by atoms with van der Waals surface area (Å²) in [7, 11) is 0. The number of fused-ring (bicyclic) bond motifs is 2. The Hall–Kier alpha value is -2.50. The number of halogens is 6. The van der Waals surface area contributed by atoms with Crippen LogP contribution in [0.4, 0.5) is 26.3 Å². The van der Waals surface area contributed by atoms with Gasteiger partial charge in [-0.3, -0.25) is 0 Å². The molecule has 0 aliphatic heterocycles. The summed E-state index contributed by atoms with van der Waals surface area (Å²) in [5.74, 6) is -0.161. The van der Waals surface area contributed by atoms with E-state index in [1.54, 1.807) is 12.1 Å². The van der Waals surface area contributed by atoms with Crippen LogP contribution in [-0.4, -0.2) is 0 Å². The van der Waals surface area contributed by atoms with Crippen LogP contribution in [0.25, 0.3) is 11.1 Å². The van der Waals surface area contributed by atoms with Gasteiger partial charge in [0.05, 0.1) is 11.1 Å². The molecule has 0 saturated carbocycles. The maximum absolute atomic E-state index is 12.9. The van der Waals surface area contributed by atoms with E-state index in [4.69, 9.17) is 0 Å². The maximum atomic E-state index is 12.9. The lowest BCUT2D eigenvalue weighted by Crippen LogP contribution is -2.06. The highest BCUT2D eigenvalue weighted by Crippen LogP contribution is 2.51. The zero-order valence-electron chi connectivity index (χ0n) is 13.9. The molecular formula is C21H14F6. The fraction of sp³-hybridized carbons (Fsp3) is 0.238. The molecule has 4 rings (SSSR count). The molecule has 0 saturated heterocycles. The van der Waals surface area contributed by atoms with Gasteiger partial charge >= 0.3 is 12.4 Å². The molecule has 2 aliphatic rings. The summed E-state index contributed by atoms with van der Waals surface area (Å²) in [6.07, 6.45) is -4.37. The van der Waals surface area contributed by atoms with Gasteiger partial charge in [-0.25, -0.2) is 0 Å². The fourth-order valence-corrected chi connectivity index (χ4v) is 3.89. The Morgan fingerprint density at radius 2 is 1.04 bits per heavy atom. The van der Waals surface area contributed by atoms with Gasteiger partial charge in [-0.05, 0) is 53.0 Å². The first-order valence-electron chi connectivity index (χ1n) is 8.41. The highest BCUT2D eigenvalue weighted by molar-refractivity contribution is 5.84. The first kappa shape index (κ1) is 17.9. The molecule has 0 amide bonds. The van der Waals surface area contributed by atoms with Crippen molar-refractivity contribution in [3.05, 3.63) is 82.9 Å². The molecule has 0 unspecified atom stereocenters. The predicted octanol–water partition coefficient (Wildman–Crippen LogP) is 6.84. The minimum Gasteiger partial charge on any atom is -0.166 e. The maximum Gasteiger partial charge on any atom is 0.416 e. The Bertz CT molecular complexity index is 868. The molecule has 2 aromatic rings. The number of hydrogen-bond acceptors (Lipinski definition) is 0. The van der Waals surface area contributed by atoms with Crippen LogP contribution in [0.5, 0.6) is 0 Å². The Morgan fingerprint density at radius 1 is 0.630 bits per heavy atom. The van der Waals surface area contributed by atoms with E-state index >= 15 is 0 Å². The van der Waals surface area contributed by atoms with E-state index in [0.717, 1.165) is 35.4 Å². The second kappa shape index (κ2) is 6.01. The third kappa shape index (κ3) is 3.29. The molecule has 0 aromatic heterocycles. The lowest BCUT2D eigenvalue weighted by molar-refractivity contribution is -0.138. The van der Waals surface area contributed by atoms with Gasteiger partial charge in [0.2, 0.25) is 0 Å². The van der Waals surface area contributed by atoms with Gasteiger partial charge in [0, 0.05) is 11.8 Å². The fourth-order valence-electron chi connectivity index (χ4n) is 3.89. The predicted molar refractivity (Wildman–Crippen MR) is 90.4 cm³/mol. The molecule has 0 heterocycles. The van der Waals surface area contributed by atoms with Crippen LogP contribution in [-0.2, 0) is 12.4 Å². The van der Waals surface area contributed by atoms with Crippen molar-refractivity contribution in [2.24, 2.45) is 11.8 Å². The van der Waals surface area contributed by atoms with Gasteiger partial charge in [0.15, 0.2) is 0 Å². The normalized spacial score (nSPS) is 22.0. The van der Waals surface area contributed by atoms with Crippen LogP contribution in [0.15, 0.2) is 60.7 Å². The van der Waals surface area contributed by atoms with E-state index in [1.807, 2.05) is 12.2 Å². The molecule has 0 spiro atoms. The molecule has 6 heteroatoms. The molecule has 0 radical (unpaired) electrons. The van der Waals surface area contributed by atoms with Crippen LogP contribution in [0.2, 0.25) is 0 Å². The van der Waals surface area contributed by atoms with Crippen molar-refractivity contribution in [1.82, 2.24) is 0 Å². The van der Waals surface area contributed by atoms with E-state index in [1.165, 1.54) is 12.1 Å². The molecule has 27 heavy (non-hydrogen) atoms. The Kier molecular flexibility index (Phi) is 3.98. The second-order valence-electron chi connectivity index (χ2n) is 6.85. The van der Waals surface area contributed by atoms with Gasteiger partial charge in [0.25, 0.3) is 0 Å². The Labute approximate surface area is 151 Å². The third-order valence-electron chi connectivity index (χ3n) is 5.11. The van der Waals surface area contributed by atoms with Gasteiger partial charge in [0.1, 0.15) is 0 Å². The number of benzene rings is 2. The molecule has 0 fully saturated rings. The van der Waals surface area contributed by atoms with E-state index < -0.39 is 23.5 Å². The summed E-state index contributed by atoms with van der Waals surface area (Å²) >= 11 is 0. The molecule has 140 valence electrons. The molecule has 2 atom stereocenters. The summed E-state index contributed by atoms with van der Waals surface area (Å²) < 4.78 is 77.6. The van der Waals surface area contributed by atoms with Crippen molar-refractivity contribution >= 4 is 11.1 Å². The molecule has 2 aromatic carbocycles. The van der Waals surface area contributed by atoms with Crippen molar-refractivity contribution < 1.29 is 26.3 Å². The highest BCUT2D eigenvalue weighted by atomic mass is 19.4. The summed E-state index contributed by atoms with van der Waals surface area (Å²) in [6.45, 7) is 0. The first-order chi connectivity index (χ1) is 12.6. The zero-order chi connectivity index (χ0) is 19.4. The van der Waals surface area contributed by atoms with Crippen LogP contribution >= 0.6 is 0 Å². The largest absolute Gasteiger partial charge is 0.416 e. The van der Waals surface area contributed by atoms with Crippen LogP contribution in [0.3, 0.4) is 0 Å². The summed E-state index contributed by atoms with van der Waals surface area (Å²) in [4.78, 5) is 0. The highest BCUT2D eigenvalue weighted by Gasteiger charge is 2.37. The van der Waals surface area contributed by atoms with Crippen molar-refractivity contribution in [2.75, 3.05) is 0 Å². The zero-order valence-corrected chi connectivity index (χ0v) is 13.9. The van der Waals surface area contributed by atoms with Gasteiger partial charge < -0.3 is 0 Å². The van der Waals surface area contributed by atoms with Crippen LogP contribution in [0, 0.1) is 11.8 Å². The van der Waals surface area contributed by atoms with Crippen molar-refractivity contribution in [3.63, 3.8) is 0 Å². The number of rotatable bonds is 2. The standard InChI is InChI=1S/C21H14F6/c22-20(23,24)16-5-1-3-12(8-16)18-10-15-7-14(18)11-19(15)13-4-2-6-17(9-13)21(25,26)27/h1-6,8-11,14-15H,7H2/t14-,15-/m1/s1. The van der Waals surface area contributed by atoms with Crippen LogP contribution < -0.4 is 0 Å². The Morgan fingerprint density at radius 3 is 1.37 bits per heavy atom. The van der Waals surface area contributed by atoms with E-state index in [2.05, 4.69) is 0 Å². The lowest BCUT2D eigenvalue weighted by Gasteiger charge is -2.16. The van der Waals surface area contributed by atoms with Crippen molar-refractivity contribution in [2.45, 2.75) is 18.8 Å². The van der Waals surface area contributed by atoms with Gasteiger partial charge in [-0.1, -0.05) is 36.4 Å². The molecule has 0 N–H and O–H groups in total. The summed E-state index contributed by atoms with van der Waals surface area (Å²) in [5, 5.41) is 0. The molecule has 0 nitrogen and oxygen atoms in total. The number of allylic oxidation sites excluding steroid dienone is 4. The van der Waals surface area contributed by atoms with E-state index in [0.29, 0.717) is 17.5 Å². The monoisotopic (exact) mass is 380 g/mol. The third-order valence-corrected chi connectivity index (χ3v) is 5.11. The quantitative estimate of drug-likeness (QED) is 0.500. The average Bonchev–Trinajstić information content (AvgIpc) is 3.21. The minimum absolute atomic E-state index is 0.0805. The SMILES string of the molecule is FC(F)(F)c1cccc(C2=C[C@H]3C[C@@H]2C=C3c2cccc(C(F)(F)F)c2)c1. The van der Waals surface area contributed by atoms with E-state index in [9.17, 15) is 26.3 Å². The Balaban J connectivity index is 1.63. The number of hydrogen-bond donors (Lipinski definition) is 0. The topological polar surface area (TPSA) is 0 Å². The average molecular weight is 380 g/mol. The minimum atomic E-state index is -4.41. The van der Waals surface area contributed by atoms with Crippen LogP contribution in [0.1, 0.15) is 28.7 Å². The number of alkyl halides is 6. The lowest BCUT2D eigenvalue weighted by atomic mass is 9.90. The summed E-state index contributed by atoms with van der Waals surface area (Å²) in [6, 6.07) is 10.3. The smallest absolute Gasteiger partial charge is 0.166 e. The van der Waals surface area contributed by atoms with E-state index in [-0.39, 0.29) is 11.8 Å². The molecule has 2 bridgehead atoms. The first-order valence-corrected chi connectivity index (χ1v) is 8.41. The van der Waals surface area contributed by atoms with Crippen molar-refractivity contribution in [3.8, 4) is 0 Å². The van der Waals surface area contributed by atoms with Crippen molar-refractivity contribution in [1.29, 1.82) is 0 Å². The second-order valence-corrected chi connectivity index (χ2v) is 6.85.